The van der Waals surface area contributed by atoms with Crippen molar-refractivity contribution in [2.75, 3.05) is 19.7 Å². The van der Waals surface area contributed by atoms with Crippen LogP contribution in [0.1, 0.15) is 25.0 Å². The highest BCUT2D eigenvalue weighted by Gasteiger charge is 2.36. The molecule has 2 rings (SSSR count). The summed E-state index contributed by atoms with van der Waals surface area (Å²) in [5.74, 6) is -0.0127. The molecule has 1 aliphatic heterocycles. The molecule has 0 aliphatic carbocycles. The van der Waals surface area contributed by atoms with Gasteiger partial charge in [0.05, 0.1) is 6.10 Å². The van der Waals surface area contributed by atoms with E-state index in [0.29, 0.717) is 12.2 Å². The van der Waals surface area contributed by atoms with Gasteiger partial charge in [0.25, 0.3) is 0 Å². The van der Waals surface area contributed by atoms with Gasteiger partial charge in [-0.25, -0.2) is 0 Å². The minimum Gasteiger partial charge on any atom is -0.405 e. The Morgan fingerprint density at radius 2 is 2.10 bits per heavy atom. The fourth-order valence-electron chi connectivity index (χ4n) is 2.45. The Hall–Kier alpha value is -1.27. The predicted octanol–water partition coefficient (Wildman–Crippen LogP) is 3.27. The Balaban J connectivity index is 2.18. The summed E-state index contributed by atoms with van der Waals surface area (Å²) in [6, 6.07) is 6.19. The summed E-state index contributed by atoms with van der Waals surface area (Å²) < 4.78 is 47.0. The zero-order valence-corrected chi connectivity index (χ0v) is 11.2. The van der Waals surface area contributed by atoms with Crippen LogP contribution in [0.25, 0.3) is 0 Å². The lowest BCUT2D eigenvalue weighted by atomic mass is 9.94. The van der Waals surface area contributed by atoms with Gasteiger partial charge in [-0.1, -0.05) is 25.1 Å². The van der Waals surface area contributed by atoms with Crippen molar-refractivity contribution in [3.05, 3.63) is 29.8 Å². The van der Waals surface area contributed by atoms with Crippen molar-refractivity contribution in [2.24, 2.45) is 5.92 Å². The van der Waals surface area contributed by atoms with E-state index in [9.17, 15) is 13.2 Å². The third-order valence-electron chi connectivity index (χ3n) is 3.32. The van der Waals surface area contributed by atoms with Gasteiger partial charge < -0.3 is 14.8 Å². The average molecular weight is 289 g/mol. The fourth-order valence-corrected chi connectivity index (χ4v) is 2.45. The second kappa shape index (κ2) is 6.45. The van der Waals surface area contributed by atoms with E-state index in [2.05, 4.69) is 10.1 Å². The first-order valence-electron chi connectivity index (χ1n) is 6.68. The molecule has 0 aromatic heterocycles. The maximum absolute atomic E-state index is 12.4. The van der Waals surface area contributed by atoms with Gasteiger partial charge in [0, 0.05) is 24.6 Å². The molecule has 1 heterocycles. The normalized spacial score (nSPS) is 23.0. The monoisotopic (exact) mass is 289 g/mol. The number of halogens is 3. The van der Waals surface area contributed by atoms with Crippen molar-refractivity contribution in [1.82, 2.24) is 5.32 Å². The SMILES string of the molecule is CCNCC1CCOC1c1ccccc1OC(F)(F)F. The van der Waals surface area contributed by atoms with Crippen LogP contribution >= 0.6 is 0 Å². The molecule has 1 saturated heterocycles. The summed E-state index contributed by atoms with van der Waals surface area (Å²) >= 11 is 0. The van der Waals surface area contributed by atoms with Crippen LogP contribution in [0.15, 0.2) is 24.3 Å². The Kier molecular flexibility index (Phi) is 4.88. The second-order valence-electron chi connectivity index (χ2n) is 4.73. The van der Waals surface area contributed by atoms with Crippen molar-refractivity contribution in [3.63, 3.8) is 0 Å². The van der Waals surface area contributed by atoms with Crippen LogP contribution in [0, 0.1) is 5.92 Å². The maximum Gasteiger partial charge on any atom is 0.573 e. The molecule has 0 radical (unpaired) electrons. The molecular weight excluding hydrogens is 271 g/mol. The molecule has 1 aliphatic rings. The lowest BCUT2D eigenvalue weighted by Gasteiger charge is -2.22. The molecule has 0 spiro atoms. The molecule has 1 N–H and O–H groups in total. The van der Waals surface area contributed by atoms with Gasteiger partial charge in [0.1, 0.15) is 5.75 Å². The van der Waals surface area contributed by atoms with Crippen LogP contribution in [0.2, 0.25) is 0 Å². The third kappa shape index (κ3) is 3.86. The molecule has 0 amide bonds. The molecule has 0 saturated carbocycles. The first-order chi connectivity index (χ1) is 9.51. The zero-order chi connectivity index (χ0) is 14.6. The summed E-state index contributed by atoms with van der Waals surface area (Å²) in [5, 5.41) is 3.21. The first kappa shape index (κ1) is 15.1. The molecule has 112 valence electrons. The number of benzene rings is 1. The Morgan fingerprint density at radius 3 is 2.80 bits per heavy atom. The highest BCUT2D eigenvalue weighted by molar-refractivity contribution is 5.36. The molecule has 2 atom stereocenters. The Bertz CT molecular complexity index is 437. The van der Waals surface area contributed by atoms with E-state index in [1.165, 1.54) is 12.1 Å². The van der Waals surface area contributed by atoms with Crippen LogP contribution in [0.5, 0.6) is 5.75 Å². The largest absolute Gasteiger partial charge is 0.573 e. The number of hydrogen-bond acceptors (Lipinski definition) is 3. The topological polar surface area (TPSA) is 30.5 Å². The van der Waals surface area contributed by atoms with E-state index in [-0.39, 0.29) is 17.8 Å². The Morgan fingerprint density at radius 1 is 1.35 bits per heavy atom. The molecular formula is C14H18F3NO2. The van der Waals surface area contributed by atoms with Crippen LogP contribution in [0.4, 0.5) is 13.2 Å². The minimum absolute atomic E-state index is 0.160. The van der Waals surface area contributed by atoms with Gasteiger partial charge in [-0.3, -0.25) is 0 Å². The summed E-state index contributed by atoms with van der Waals surface area (Å²) in [4.78, 5) is 0. The lowest BCUT2D eigenvalue weighted by Crippen LogP contribution is -2.25. The molecule has 1 aromatic rings. The van der Waals surface area contributed by atoms with Crippen molar-refractivity contribution < 1.29 is 22.6 Å². The first-order valence-corrected chi connectivity index (χ1v) is 6.68. The van der Waals surface area contributed by atoms with Gasteiger partial charge in [0.2, 0.25) is 0 Å². The third-order valence-corrected chi connectivity index (χ3v) is 3.32. The maximum atomic E-state index is 12.4. The quantitative estimate of drug-likeness (QED) is 0.902. The van der Waals surface area contributed by atoms with Crippen molar-refractivity contribution in [1.29, 1.82) is 0 Å². The number of para-hydroxylation sites is 1. The fraction of sp³-hybridized carbons (Fsp3) is 0.571. The summed E-state index contributed by atoms with van der Waals surface area (Å²) in [6.07, 6.45) is -4.21. The molecule has 0 bridgehead atoms. The van der Waals surface area contributed by atoms with Gasteiger partial charge in [0.15, 0.2) is 0 Å². The number of ether oxygens (including phenoxy) is 2. The van der Waals surface area contributed by atoms with E-state index in [1.807, 2.05) is 6.92 Å². The number of hydrogen-bond donors (Lipinski definition) is 1. The minimum atomic E-state index is -4.69. The standard InChI is InChI=1S/C14H18F3NO2/c1-2-18-9-10-7-8-19-13(10)11-5-3-4-6-12(11)20-14(15,16)17/h3-6,10,13,18H,2,7-9H2,1H3. The van der Waals surface area contributed by atoms with E-state index >= 15 is 0 Å². The summed E-state index contributed by atoms with van der Waals surface area (Å²) in [5.41, 5.74) is 0.463. The number of nitrogens with one attached hydrogen (secondary N) is 1. The lowest BCUT2D eigenvalue weighted by molar-refractivity contribution is -0.275. The number of alkyl halides is 3. The smallest absolute Gasteiger partial charge is 0.405 e. The molecule has 6 heteroatoms. The van der Waals surface area contributed by atoms with Crippen LogP contribution in [-0.2, 0) is 4.74 Å². The van der Waals surface area contributed by atoms with Crippen molar-refractivity contribution in [2.45, 2.75) is 25.8 Å². The van der Waals surface area contributed by atoms with Gasteiger partial charge >= 0.3 is 6.36 Å². The number of rotatable bonds is 5. The van der Waals surface area contributed by atoms with Crippen LogP contribution in [-0.4, -0.2) is 26.1 Å². The van der Waals surface area contributed by atoms with Crippen LogP contribution < -0.4 is 10.1 Å². The van der Waals surface area contributed by atoms with E-state index in [1.54, 1.807) is 12.1 Å². The van der Waals surface area contributed by atoms with Crippen molar-refractivity contribution in [3.8, 4) is 5.75 Å². The van der Waals surface area contributed by atoms with Crippen molar-refractivity contribution >= 4 is 0 Å². The zero-order valence-electron chi connectivity index (χ0n) is 11.2. The molecule has 1 aromatic carbocycles. The highest BCUT2D eigenvalue weighted by atomic mass is 19.4. The Labute approximate surface area is 116 Å². The predicted molar refractivity (Wildman–Crippen MR) is 68.5 cm³/mol. The van der Waals surface area contributed by atoms with Gasteiger partial charge in [-0.15, -0.1) is 13.2 Å². The highest BCUT2D eigenvalue weighted by Crippen LogP contribution is 2.40. The van der Waals surface area contributed by atoms with E-state index < -0.39 is 6.36 Å². The summed E-state index contributed by atoms with van der Waals surface area (Å²) in [6.45, 7) is 4.10. The molecule has 3 nitrogen and oxygen atoms in total. The van der Waals surface area contributed by atoms with Gasteiger partial charge in [-0.05, 0) is 19.0 Å². The average Bonchev–Trinajstić information content (AvgIpc) is 2.83. The summed E-state index contributed by atoms with van der Waals surface area (Å²) in [7, 11) is 0. The second-order valence-corrected chi connectivity index (χ2v) is 4.73. The van der Waals surface area contributed by atoms with E-state index in [0.717, 1.165) is 19.5 Å². The molecule has 2 unspecified atom stereocenters. The molecule has 1 fully saturated rings. The van der Waals surface area contributed by atoms with E-state index in [4.69, 9.17) is 4.74 Å². The molecule has 20 heavy (non-hydrogen) atoms. The van der Waals surface area contributed by atoms with Crippen LogP contribution in [0.3, 0.4) is 0 Å². The van der Waals surface area contributed by atoms with Gasteiger partial charge in [-0.2, -0.15) is 0 Å².